The molecule has 4 heteroatoms. The number of carbonyl (C=O) groups is 1. The van der Waals surface area contributed by atoms with E-state index in [1.54, 1.807) is 11.5 Å². The van der Waals surface area contributed by atoms with Gasteiger partial charge in [0, 0.05) is 17.9 Å². The number of carbonyl (C=O) groups excluding carboxylic acids is 1. The minimum atomic E-state index is -0.555. The van der Waals surface area contributed by atoms with Gasteiger partial charge in [0.1, 0.15) is 6.54 Å². The summed E-state index contributed by atoms with van der Waals surface area (Å²) in [5.74, 6) is 0.393. The van der Waals surface area contributed by atoms with Crippen LogP contribution in [0.4, 0.5) is 0 Å². The van der Waals surface area contributed by atoms with E-state index in [4.69, 9.17) is 0 Å². The normalized spacial score (nSPS) is 14.7. The van der Waals surface area contributed by atoms with E-state index in [1.165, 1.54) is 0 Å². The molecule has 1 rings (SSSR count). The Morgan fingerprint density at radius 1 is 1.41 bits per heavy atom. The van der Waals surface area contributed by atoms with Gasteiger partial charge in [-0.2, -0.15) is 0 Å². The van der Waals surface area contributed by atoms with Crippen LogP contribution >= 0.6 is 0 Å². The molecule has 0 spiro atoms. The highest BCUT2D eigenvalue weighted by Gasteiger charge is 2.13. The molecule has 1 heterocycles. The SMILES string of the molecule is CC(O)c1cccn1CC(=O)NC(C)C(C)C. The van der Waals surface area contributed by atoms with Gasteiger partial charge in [-0.25, -0.2) is 0 Å². The predicted molar refractivity (Wildman–Crippen MR) is 67.5 cm³/mol. The van der Waals surface area contributed by atoms with Crippen molar-refractivity contribution in [1.29, 1.82) is 0 Å². The maximum absolute atomic E-state index is 11.8. The van der Waals surface area contributed by atoms with Gasteiger partial charge in [-0.3, -0.25) is 4.79 Å². The van der Waals surface area contributed by atoms with E-state index in [0.29, 0.717) is 5.92 Å². The highest BCUT2D eigenvalue weighted by Crippen LogP contribution is 2.12. The molecule has 0 aliphatic heterocycles. The molecular weight excluding hydrogens is 216 g/mol. The number of hydrogen-bond acceptors (Lipinski definition) is 2. The molecule has 0 aliphatic rings. The summed E-state index contributed by atoms with van der Waals surface area (Å²) in [5, 5.41) is 12.5. The monoisotopic (exact) mass is 238 g/mol. The molecule has 4 nitrogen and oxygen atoms in total. The van der Waals surface area contributed by atoms with Gasteiger partial charge in [-0.15, -0.1) is 0 Å². The first-order valence-electron chi connectivity index (χ1n) is 6.04. The van der Waals surface area contributed by atoms with Crippen LogP contribution in [0.2, 0.25) is 0 Å². The molecule has 1 aromatic heterocycles. The lowest BCUT2D eigenvalue weighted by atomic mass is 10.1. The molecule has 0 fully saturated rings. The van der Waals surface area contributed by atoms with E-state index in [-0.39, 0.29) is 18.5 Å². The van der Waals surface area contributed by atoms with Crippen LogP contribution in [0, 0.1) is 5.92 Å². The second-order valence-electron chi connectivity index (χ2n) is 4.84. The standard InChI is InChI=1S/C13H22N2O2/c1-9(2)10(3)14-13(17)8-15-7-5-6-12(15)11(4)16/h5-7,9-11,16H,8H2,1-4H3,(H,14,17). The molecule has 96 valence electrons. The van der Waals surface area contributed by atoms with Gasteiger partial charge >= 0.3 is 0 Å². The molecule has 2 atom stereocenters. The van der Waals surface area contributed by atoms with Crippen molar-refractivity contribution in [3.8, 4) is 0 Å². The third kappa shape index (κ3) is 3.89. The van der Waals surface area contributed by atoms with E-state index < -0.39 is 6.10 Å². The Bertz CT molecular complexity index is 369. The highest BCUT2D eigenvalue weighted by molar-refractivity contribution is 5.76. The zero-order chi connectivity index (χ0) is 13.0. The van der Waals surface area contributed by atoms with Crippen molar-refractivity contribution in [1.82, 2.24) is 9.88 Å². The molecular formula is C13H22N2O2. The van der Waals surface area contributed by atoms with Crippen LogP contribution in [0.1, 0.15) is 39.5 Å². The van der Waals surface area contributed by atoms with Crippen LogP contribution in [0.3, 0.4) is 0 Å². The zero-order valence-electron chi connectivity index (χ0n) is 11.0. The molecule has 0 aromatic carbocycles. The Morgan fingerprint density at radius 3 is 2.59 bits per heavy atom. The Labute approximate surface area is 103 Å². The van der Waals surface area contributed by atoms with Gasteiger partial charge in [0.15, 0.2) is 0 Å². The van der Waals surface area contributed by atoms with E-state index >= 15 is 0 Å². The molecule has 2 unspecified atom stereocenters. The lowest BCUT2D eigenvalue weighted by Gasteiger charge is -2.18. The highest BCUT2D eigenvalue weighted by atomic mass is 16.3. The van der Waals surface area contributed by atoms with Crippen molar-refractivity contribution in [2.45, 2.75) is 46.4 Å². The molecule has 1 amide bonds. The van der Waals surface area contributed by atoms with Gasteiger partial charge in [-0.1, -0.05) is 13.8 Å². The number of aliphatic hydroxyl groups is 1. The van der Waals surface area contributed by atoms with Gasteiger partial charge in [0.25, 0.3) is 0 Å². The van der Waals surface area contributed by atoms with Crippen LogP contribution in [-0.4, -0.2) is 21.6 Å². The molecule has 0 aliphatic carbocycles. The summed E-state index contributed by atoms with van der Waals surface area (Å²) in [6.07, 6.45) is 1.25. The number of amides is 1. The number of aliphatic hydroxyl groups excluding tert-OH is 1. The predicted octanol–water partition coefficient (Wildman–Crippen LogP) is 1.70. The quantitative estimate of drug-likeness (QED) is 0.820. The van der Waals surface area contributed by atoms with E-state index in [0.717, 1.165) is 5.69 Å². The summed E-state index contributed by atoms with van der Waals surface area (Å²) >= 11 is 0. The third-order valence-electron chi connectivity index (χ3n) is 3.00. The van der Waals surface area contributed by atoms with Crippen LogP contribution < -0.4 is 5.32 Å². The average Bonchev–Trinajstić information content (AvgIpc) is 2.65. The van der Waals surface area contributed by atoms with Crippen molar-refractivity contribution in [2.75, 3.05) is 0 Å². The van der Waals surface area contributed by atoms with Crippen molar-refractivity contribution >= 4 is 5.91 Å². The fraction of sp³-hybridized carbons (Fsp3) is 0.615. The van der Waals surface area contributed by atoms with Crippen molar-refractivity contribution < 1.29 is 9.90 Å². The first-order valence-corrected chi connectivity index (χ1v) is 6.04. The minimum Gasteiger partial charge on any atom is -0.387 e. The first kappa shape index (κ1) is 13.8. The fourth-order valence-corrected chi connectivity index (χ4v) is 1.57. The minimum absolute atomic E-state index is 0.0238. The summed E-state index contributed by atoms with van der Waals surface area (Å²) in [6.45, 7) is 8.09. The van der Waals surface area contributed by atoms with Gasteiger partial charge < -0.3 is 15.0 Å². The molecule has 0 bridgehead atoms. The molecule has 0 saturated heterocycles. The maximum atomic E-state index is 11.8. The van der Waals surface area contributed by atoms with Crippen molar-refractivity contribution in [3.05, 3.63) is 24.0 Å². The summed E-state index contributed by atoms with van der Waals surface area (Å²) in [6, 6.07) is 3.82. The van der Waals surface area contributed by atoms with Crippen LogP contribution in [0.25, 0.3) is 0 Å². The third-order valence-corrected chi connectivity index (χ3v) is 3.00. The molecule has 1 aromatic rings. The smallest absolute Gasteiger partial charge is 0.240 e. The lowest BCUT2D eigenvalue weighted by Crippen LogP contribution is -2.38. The number of aromatic nitrogens is 1. The zero-order valence-corrected chi connectivity index (χ0v) is 11.0. The molecule has 0 radical (unpaired) electrons. The largest absolute Gasteiger partial charge is 0.387 e. The molecule has 0 saturated carbocycles. The number of hydrogen-bond donors (Lipinski definition) is 2. The summed E-state index contributed by atoms with van der Waals surface area (Å²) in [5.41, 5.74) is 0.761. The van der Waals surface area contributed by atoms with Crippen molar-refractivity contribution in [3.63, 3.8) is 0 Å². The summed E-state index contributed by atoms with van der Waals surface area (Å²) < 4.78 is 1.77. The van der Waals surface area contributed by atoms with Crippen LogP contribution in [-0.2, 0) is 11.3 Å². The molecule has 17 heavy (non-hydrogen) atoms. The second kappa shape index (κ2) is 5.87. The van der Waals surface area contributed by atoms with Gasteiger partial charge in [0.05, 0.1) is 6.10 Å². The first-order chi connectivity index (χ1) is 7.91. The van der Waals surface area contributed by atoms with Crippen LogP contribution in [0.5, 0.6) is 0 Å². The second-order valence-corrected chi connectivity index (χ2v) is 4.84. The lowest BCUT2D eigenvalue weighted by molar-refractivity contribution is -0.122. The van der Waals surface area contributed by atoms with E-state index in [1.807, 2.05) is 25.3 Å². The fourth-order valence-electron chi connectivity index (χ4n) is 1.57. The number of nitrogens with one attached hydrogen (secondary N) is 1. The Morgan fingerprint density at radius 2 is 2.06 bits per heavy atom. The summed E-state index contributed by atoms with van der Waals surface area (Å²) in [4.78, 5) is 11.8. The Hall–Kier alpha value is -1.29. The van der Waals surface area contributed by atoms with Crippen LogP contribution in [0.15, 0.2) is 18.3 Å². The van der Waals surface area contributed by atoms with Gasteiger partial charge in [0.2, 0.25) is 5.91 Å². The topological polar surface area (TPSA) is 54.3 Å². The number of rotatable bonds is 5. The van der Waals surface area contributed by atoms with Crippen molar-refractivity contribution in [2.24, 2.45) is 5.92 Å². The average molecular weight is 238 g/mol. The maximum Gasteiger partial charge on any atom is 0.240 e. The number of nitrogens with zero attached hydrogens (tertiary/aromatic N) is 1. The van der Waals surface area contributed by atoms with E-state index in [9.17, 15) is 9.90 Å². The molecule has 2 N–H and O–H groups in total. The Balaban J connectivity index is 2.59. The van der Waals surface area contributed by atoms with E-state index in [2.05, 4.69) is 19.2 Å². The van der Waals surface area contributed by atoms with Gasteiger partial charge in [-0.05, 0) is 31.9 Å². The summed E-state index contributed by atoms with van der Waals surface area (Å²) in [7, 11) is 0. The Kier molecular flexibility index (Phi) is 4.75.